The van der Waals surface area contributed by atoms with E-state index in [0.29, 0.717) is 19.6 Å². The lowest BCUT2D eigenvalue weighted by Gasteiger charge is -2.42. The fourth-order valence-electron chi connectivity index (χ4n) is 1.92. The quantitative estimate of drug-likeness (QED) is 0.529. The number of hydrogen-bond acceptors (Lipinski definition) is 6. The summed E-state index contributed by atoms with van der Waals surface area (Å²) in [6, 6.07) is 0. The van der Waals surface area contributed by atoms with Gasteiger partial charge in [-0.05, 0) is 0 Å². The smallest absolute Gasteiger partial charge is 0.330 e. The predicted octanol–water partition coefficient (Wildman–Crippen LogP) is 2.07. The van der Waals surface area contributed by atoms with E-state index in [1.54, 1.807) is 6.92 Å². The molecule has 0 bridgehead atoms. The van der Waals surface area contributed by atoms with Crippen LogP contribution >= 0.6 is 0 Å². The standard InChI is InChI=1S/C16H26O6/c1-6-12(17)19-8-15(3,4)14-21-10-16(5,11-22-14)9-20-13(18)7-2/h7,14H,2,6,8-11H2,1,3-5H3. The van der Waals surface area contributed by atoms with Crippen molar-refractivity contribution in [2.75, 3.05) is 26.4 Å². The molecule has 1 fully saturated rings. The van der Waals surface area contributed by atoms with Crippen molar-refractivity contribution < 1.29 is 28.5 Å². The number of hydrogen-bond donors (Lipinski definition) is 0. The summed E-state index contributed by atoms with van der Waals surface area (Å²) < 4.78 is 21.8. The average Bonchev–Trinajstić information content (AvgIpc) is 2.50. The predicted molar refractivity (Wildman–Crippen MR) is 80.0 cm³/mol. The second-order valence-electron chi connectivity index (χ2n) is 6.58. The van der Waals surface area contributed by atoms with Crippen LogP contribution in [0, 0.1) is 10.8 Å². The van der Waals surface area contributed by atoms with E-state index in [0.717, 1.165) is 6.08 Å². The van der Waals surface area contributed by atoms with Crippen LogP contribution in [0.3, 0.4) is 0 Å². The van der Waals surface area contributed by atoms with E-state index in [9.17, 15) is 9.59 Å². The van der Waals surface area contributed by atoms with Gasteiger partial charge in [0, 0.05) is 23.3 Å². The summed E-state index contributed by atoms with van der Waals surface area (Å²) in [5.41, 5.74) is -0.852. The fourth-order valence-corrected chi connectivity index (χ4v) is 1.92. The largest absolute Gasteiger partial charge is 0.465 e. The van der Waals surface area contributed by atoms with E-state index in [2.05, 4.69) is 6.58 Å². The van der Waals surface area contributed by atoms with Crippen molar-refractivity contribution in [1.29, 1.82) is 0 Å². The Morgan fingerprint density at radius 1 is 1.32 bits per heavy atom. The zero-order chi connectivity index (χ0) is 16.8. The molecule has 1 aliphatic rings. The van der Waals surface area contributed by atoms with Crippen molar-refractivity contribution >= 4 is 11.9 Å². The lowest BCUT2D eigenvalue weighted by Crippen LogP contribution is -2.49. The molecule has 1 heterocycles. The highest BCUT2D eigenvalue weighted by Gasteiger charge is 2.41. The number of carbonyl (C=O) groups is 2. The lowest BCUT2D eigenvalue weighted by atomic mass is 9.89. The summed E-state index contributed by atoms with van der Waals surface area (Å²) in [7, 11) is 0. The molecule has 1 saturated heterocycles. The van der Waals surface area contributed by atoms with Gasteiger partial charge in [0.15, 0.2) is 6.29 Å². The monoisotopic (exact) mass is 314 g/mol. The van der Waals surface area contributed by atoms with Crippen molar-refractivity contribution in [1.82, 2.24) is 0 Å². The van der Waals surface area contributed by atoms with Crippen molar-refractivity contribution in [2.45, 2.75) is 40.4 Å². The Kier molecular flexibility index (Phi) is 6.56. The van der Waals surface area contributed by atoms with Gasteiger partial charge in [-0.2, -0.15) is 0 Å². The van der Waals surface area contributed by atoms with E-state index < -0.39 is 23.1 Å². The molecule has 1 aliphatic heterocycles. The Bertz CT molecular complexity index is 407. The average molecular weight is 314 g/mol. The maximum absolute atomic E-state index is 11.3. The van der Waals surface area contributed by atoms with Gasteiger partial charge in [0.2, 0.25) is 0 Å². The van der Waals surface area contributed by atoms with Gasteiger partial charge in [-0.3, -0.25) is 4.79 Å². The summed E-state index contributed by atoms with van der Waals surface area (Å²) in [4.78, 5) is 22.4. The summed E-state index contributed by atoms with van der Waals surface area (Å²) in [5, 5.41) is 0. The summed E-state index contributed by atoms with van der Waals surface area (Å²) in [6.45, 7) is 12.1. The van der Waals surface area contributed by atoms with Crippen molar-refractivity contribution in [2.24, 2.45) is 10.8 Å². The maximum atomic E-state index is 11.3. The molecule has 0 amide bonds. The van der Waals surface area contributed by atoms with Gasteiger partial charge in [-0.15, -0.1) is 0 Å². The number of ether oxygens (including phenoxy) is 4. The molecule has 22 heavy (non-hydrogen) atoms. The van der Waals surface area contributed by atoms with Gasteiger partial charge in [0.1, 0.15) is 13.2 Å². The second kappa shape index (κ2) is 7.74. The summed E-state index contributed by atoms with van der Waals surface area (Å²) >= 11 is 0. The minimum absolute atomic E-state index is 0.204. The van der Waals surface area contributed by atoms with Crippen LogP contribution < -0.4 is 0 Å². The van der Waals surface area contributed by atoms with Crippen molar-refractivity contribution in [3.63, 3.8) is 0 Å². The molecule has 1 rings (SSSR count). The molecule has 6 nitrogen and oxygen atoms in total. The van der Waals surface area contributed by atoms with Crippen LogP contribution in [0.15, 0.2) is 12.7 Å². The first-order valence-corrected chi connectivity index (χ1v) is 7.40. The molecule has 0 unspecified atom stereocenters. The first kappa shape index (κ1) is 18.6. The zero-order valence-electron chi connectivity index (χ0n) is 13.8. The fraction of sp³-hybridized carbons (Fsp3) is 0.750. The van der Waals surface area contributed by atoms with Gasteiger partial charge < -0.3 is 18.9 Å². The molecular formula is C16H26O6. The third-order valence-electron chi connectivity index (χ3n) is 3.43. The first-order valence-electron chi connectivity index (χ1n) is 7.40. The van der Waals surface area contributed by atoms with Gasteiger partial charge in [-0.1, -0.05) is 34.3 Å². The second-order valence-corrected chi connectivity index (χ2v) is 6.58. The van der Waals surface area contributed by atoms with Gasteiger partial charge in [0.25, 0.3) is 0 Å². The highest BCUT2D eigenvalue weighted by Crippen LogP contribution is 2.33. The number of carbonyl (C=O) groups excluding carboxylic acids is 2. The summed E-state index contributed by atoms with van der Waals surface area (Å²) in [5.74, 6) is -0.708. The molecular weight excluding hydrogens is 288 g/mol. The molecule has 0 aliphatic carbocycles. The molecule has 0 aromatic rings. The van der Waals surface area contributed by atoms with Crippen LogP contribution in [0.4, 0.5) is 0 Å². The normalized spacial score (nSPS) is 25.4. The van der Waals surface area contributed by atoms with Gasteiger partial charge >= 0.3 is 11.9 Å². The Morgan fingerprint density at radius 2 is 1.91 bits per heavy atom. The Hall–Kier alpha value is -1.40. The minimum Gasteiger partial charge on any atom is -0.465 e. The van der Waals surface area contributed by atoms with E-state index in [1.165, 1.54) is 0 Å². The summed E-state index contributed by atoms with van der Waals surface area (Å²) in [6.07, 6.45) is 0.997. The minimum atomic E-state index is -0.472. The van der Waals surface area contributed by atoms with Crippen molar-refractivity contribution in [3.05, 3.63) is 12.7 Å². The van der Waals surface area contributed by atoms with E-state index in [4.69, 9.17) is 18.9 Å². The van der Waals surface area contributed by atoms with Crippen LogP contribution in [0.5, 0.6) is 0 Å². The Balaban J connectivity index is 2.47. The number of esters is 2. The van der Waals surface area contributed by atoms with E-state index in [1.807, 2.05) is 20.8 Å². The molecule has 0 saturated carbocycles. The molecule has 126 valence electrons. The topological polar surface area (TPSA) is 71.1 Å². The van der Waals surface area contributed by atoms with E-state index >= 15 is 0 Å². The van der Waals surface area contributed by atoms with Crippen LogP contribution in [-0.4, -0.2) is 44.7 Å². The van der Waals surface area contributed by atoms with Gasteiger partial charge in [-0.25, -0.2) is 4.79 Å². The lowest BCUT2D eigenvalue weighted by molar-refractivity contribution is -0.276. The molecule has 0 aromatic heterocycles. The molecule has 0 atom stereocenters. The van der Waals surface area contributed by atoms with Crippen LogP contribution in [-0.2, 0) is 28.5 Å². The van der Waals surface area contributed by atoms with E-state index in [-0.39, 0.29) is 19.2 Å². The third kappa shape index (κ3) is 5.42. The Morgan fingerprint density at radius 3 is 2.41 bits per heavy atom. The van der Waals surface area contributed by atoms with Crippen molar-refractivity contribution in [3.8, 4) is 0 Å². The third-order valence-corrected chi connectivity index (χ3v) is 3.43. The molecule has 6 heteroatoms. The first-order chi connectivity index (χ1) is 10.2. The SMILES string of the molecule is C=CC(=O)OCC1(C)COC(C(C)(C)COC(=O)CC)OC1. The highest BCUT2D eigenvalue weighted by molar-refractivity contribution is 5.81. The maximum Gasteiger partial charge on any atom is 0.330 e. The van der Waals surface area contributed by atoms with Crippen LogP contribution in [0.2, 0.25) is 0 Å². The Labute approximate surface area is 131 Å². The molecule has 0 radical (unpaired) electrons. The number of rotatable bonds is 7. The zero-order valence-corrected chi connectivity index (χ0v) is 13.8. The molecule has 0 N–H and O–H groups in total. The van der Waals surface area contributed by atoms with Crippen LogP contribution in [0.1, 0.15) is 34.1 Å². The van der Waals surface area contributed by atoms with Crippen LogP contribution in [0.25, 0.3) is 0 Å². The molecule has 0 aromatic carbocycles. The molecule has 0 spiro atoms. The van der Waals surface area contributed by atoms with Gasteiger partial charge in [0.05, 0.1) is 13.2 Å². The highest BCUT2D eigenvalue weighted by atomic mass is 16.7.